The molecule has 0 unspecified atom stereocenters. The predicted octanol–water partition coefficient (Wildman–Crippen LogP) is 2.67. The summed E-state index contributed by atoms with van der Waals surface area (Å²) in [5.41, 5.74) is 3.19. The van der Waals surface area contributed by atoms with E-state index in [2.05, 4.69) is 20.7 Å². The summed E-state index contributed by atoms with van der Waals surface area (Å²) in [5.74, 6) is -1.42. The molecular weight excluding hydrogens is 438 g/mol. The number of hydrogen-bond donors (Lipinski definition) is 2. The second-order valence-corrected chi connectivity index (χ2v) is 8.82. The first-order chi connectivity index (χ1) is 16.1. The van der Waals surface area contributed by atoms with Crippen LogP contribution < -0.4 is 10.6 Å². The lowest BCUT2D eigenvalue weighted by atomic mass is 10.0. The largest absolute Gasteiger partial charge is 0.347 e. The number of fused-ring (bicyclic) bond motifs is 1. The molecule has 1 fully saturated rings. The molecule has 0 bridgehead atoms. The SMILES string of the molecule is O=C(NC1CC1)C(=O)[C@H](Cc1ccccc1)NC(=O)c1scnc1-n1cc2ccccc2n1. The molecule has 2 aromatic carbocycles. The second kappa shape index (κ2) is 8.95. The summed E-state index contributed by atoms with van der Waals surface area (Å²) < 4.78 is 1.56. The summed E-state index contributed by atoms with van der Waals surface area (Å²) in [4.78, 5) is 43.2. The van der Waals surface area contributed by atoms with Crippen molar-refractivity contribution in [1.82, 2.24) is 25.4 Å². The lowest BCUT2D eigenvalue weighted by Crippen LogP contribution is -2.49. The average Bonchev–Trinajstić information content (AvgIpc) is 3.33. The number of hydrogen-bond acceptors (Lipinski definition) is 6. The zero-order chi connectivity index (χ0) is 22.8. The first-order valence-corrected chi connectivity index (χ1v) is 11.5. The summed E-state index contributed by atoms with van der Waals surface area (Å²) in [6.45, 7) is 0. The number of nitrogens with one attached hydrogen (secondary N) is 2. The Hall–Kier alpha value is -3.85. The van der Waals surface area contributed by atoms with Gasteiger partial charge in [-0.25, -0.2) is 9.67 Å². The van der Waals surface area contributed by atoms with Crippen LogP contribution in [-0.4, -0.2) is 44.4 Å². The van der Waals surface area contributed by atoms with Crippen LogP contribution in [-0.2, 0) is 16.0 Å². The Labute approximate surface area is 193 Å². The molecule has 2 heterocycles. The molecule has 1 atom stereocenters. The minimum Gasteiger partial charge on any atom is -0.347 e. The van der Waals surface area contributed by atoms with Gasteiger partial charge < -0.3 is 10.6 Å². The first kappa shape index (κ1) is 21.0. The third-order valence-corrected chi connectivity index (χ3v) is 6.24. The van der Waals surface area contributed by atoms with Crippen LogP contribution in [0.25, 0.3) is 16.7 Å². The smallest absolute Gasteiger partial charge is 0.289 e. The fraction of sp³-hybridized carbons (Fsp3) is 0.208. The van der Waals surface area contributed by atoms with Gasteiger partial charge in [0, 0.05) is 24.0 Å². The minimum absolute atomic E-state index is 0.0524. The number of thiazole rings is 1. The zero-order valence-corrected chi connectivity index (χ0v) is 18.4. The number of carbonyl (C=O) groups excluding carboxylic acids is 3. The zero-order valence-electron chi connectivity index (χ0n) is 17.6. The topological polar surface area (TPSA) is 106 Å². The molecule has 8 nitrogen and oxygen atoms in total. The van der Waals surface area contributed by atoms with Crippen LogP contribution in [0.4, 0.5) is 0 Å². The number of benzene rings is 2. The van der Waals surface area contributed by atoms with E-state index in [1.807, 2.05) is 54.6 Å². The van der Waals surface area contributed by atoms with Gasteiger partial charge in [-0.05, 0) is 24.5 Å². The van der Waals surface area contributed by atoms with Gasteiger partial charge >= 0.3 is 0 Å². The quantitative estimate of drug-likeness (QED) is 0.394. The van der Waals surface area contributed by atoms with Gasteiger partial charge in [-0.15, -0.1) is 11.3 Å². The summed E-state index contributed by atoms with van der Waals surface area (Å²) >= 11 is 1.16. The minimum atomic E-state index is -0.995. The Morgan fingerprint density at radius 1 is 1.06 bits per heavy atom. The number of carbonyl (C=O) groups is 3. The monoisotopic (exact) mass is 459 g/mol. The van der Waals surface area contributed by atoms with Gasteiger partial charge in [0.05, 0.1) is 11.0 Å². The van der Waals surface area contributed by atoms with E-state index in [1.54, 1.807) is 16.4 Å². The van der Waals surface area contributed by atoms with E-state index < -0.39 is 23.6 Å². The van der Waals surface area contributed by atoms with Crippen molar-refractivity contribution in [3.05, 3.63) is 76.7 Å². The highest BCUT2D eigenvalue weighted by Gasteiger charge is 2.32. The molecule has 0 spiro atoms. The summed E-state index contributed by atoms with van der Waals surface area (Å²) in [5, 5.41) is 10.9. The molecule has 0 aliphatic heterocycles. The number of rotatable bonds is 8. The summed E-state index contributed by atoms with van der Waals surface area (Å²) in [6, 6.07) is 16.0. The Balaban J connectivity index is 1.39. The Kier molecular flexibility index (Phi) is 5.70. The maximum Gasteiger partial charge on any atom is 0.289 e. The molecule has 1 aliphatic rings. The van der Waals surface area contributed by atoms with Gasteiger partial charge in [-0.1, -0.05) is 48.5 Å². The molecule has 9 heteroatoms. The van der Waals surface area contributed by atoms with Gasteiger partial charge in [-0.3, -0.25) is 14.4 Å². The van der Waals surface area contributed by atoms with Crippen molar-refractivity contribution in [2.75, 3.05) is 0 Å². The molecule has 2 N–H and O–H groups in total. The molecule has 2 amide bonds. The first-order valence-electron chi connectivity index (χ1n) is 10.7. The summed E-state index contributed by atoms with van der Waals surface area (Å²) in [7, 11) is 0. The third-order valence-electron chi connectivity index (χ3n) is 5.43. The van der Waals surface area contributed by atoms with Crippen LogP contribution in [0.15, 0.2) is 66.3 Å². The van der Waals surface area contributed by atoms with Gasteiger partial charge in [0.1, 0.15) is 10.9 Å². The van der Waals surface area contributed by atoms with Gasteiger partial charge in [0.2, 0.25) is 5.78 Å². The number of amides is 2. The van der Waals surface area contributed by atoms with Crippen molar-refractivity contribution in [2.45, 2.75) is 31.3 Å². The maximum absolute atomic E-state index is 13.2. The van der Waals surface area contributed by atoms with Crippen molar-refractivity contribution in [3.63, 3.8) is 0 Å². The van der Waals surface area contributed by atoms with Crippen molar-refractivity contribution in [3.8, 4) is 5.82 Å². The predicted molar refractivity (Wildman–Crippen MR) is 124 cm³/mol. The number of nitrogens with zero attached hydrogens (tertiary/aromatic N) is 3. The van der Waals surface area contributed by atoms with Crippen LogP contribution in [0.1, 0.15) is 28.1 Å². The maximum atomic E-state index is 13.2. The molecule has 166 valence electrons. The molecule has 1 saturated carbocycles. The van der Waals surface area contributed by atoms with Crippen molar-refractivity contribution in [2.24, 2.45) is 0 Å². The van der Waals surface area contributed by atoms with E-state index in [0.29, 0.717) is 10.7 Å². The second-order valence-electron chi connectivity index (χ2n) is 7.97. The highest BCUT2D eigenvalue weighted by Crippen LogP contribution is 2.21. The Bertz CT molecular complexity index is 1290. The fourth-order valence-corrected chi connectivity index (χ4v) is 4.23. The highest BCUT2D eigenvalue weighted by molar-refractivity contribution is 7.12. The third kappa shape index (κ3) is 4.68. The van der Waals surface area contributed by atoms with Gasteiger partial charge in [-0.2, -0.15) is 5.10 Å². The van der Waals surface area contributed by atoms with Crippen LogP contribution in [0, 0.1) is 0 Å². The van der Waals surface area contributed by atoms with E-state index in [9.17, 15) is 14.4 Å². The van der Waals surface area contributed by atoms with Crippen molar-refractivity contribution in [1.29, 1.82) is 0 Å². The molecule has 4 aromatic rings. The van der Waals surface area contributed by atoms with E-state index in [4.69, 9.17) is 0 Å². The standard InChI is InChI=1S/C24H21N5O3S/c30-20(23(31)26-17-10-11-17)19(12-15-6-2-1-3-7-15)27-24(32)21-22(25-14-33-21)29-13-16-8-4-5-9-18(16)28-29/h1-9,13-14,17,19H,10-12H2,(H,26,31)(H,27,32)/t19-/m0/s1. The summed E-state index contributed by atoms with van der Waals surface area (Å²) in [6.07, 6.45) is 3.76. The molecule has 0 radical (unpaired) electrons. The lowest BCUT2D eigenvalue weighted by Gasteiger charge is -2.17. The molecule has 1 aliphatic carbocycles. The van der Waals surface area contributed by atoms with E-state index in [0.717, 1.165) is 40.6 Å². The normalized spacial score (nSPS) is 14.1. The molecule has 5 rings (SSSR count). The average molecular weight is 460 g/mol. The molecular formula is C24H21N5O3S. The van der Waals surface area contributed by atoms with Crippen LogP contribution >= 0.6 is 11.3 Å². The lowest BCUT2D eigenvalue weighted by molar-refractivity contribution is -0.139. The van der Waals surface area contributed by atoms with Crippen LogP contribution in [0.2, 0.25) is 0 Å². The Morgan fingerprint density at radius 2 is 1.82 bits per heavy atom. The van der Waals surface area contributed by atoms with Crippen molar-refractivity contribution < 1.29 is 14.4 Å². The highest BCUT2D eigenvalue weighted by atomic mass is 32.1. The van der Waals surface area contributed by atoms with Gasteiger partial charge in [0.25, 0.3) is 11.8 Å². The molecule has 33 heavy (non-hydrogen) atoms. The van der Waals surface area contributed by atoms with Crippen LogP contribution in [0.5, 0.6) is 0 Å². The van der Waals surface area contributed by atoms with E-state index >= 15 is 0 Å². The van der Waals surface area contributed by atoms with Gasteiger partial charge in [0.15, 0.2) is 5.82 Å². The fourth-order valence-electron chi connectivity index (χ4n) is 3.56. The van der Waals surface area contributed by atoms with E-state index in [-0.39, 0.29) is 12.5 Å². The Morgan fingerprint density at radius 3 is 2.58 bits per heavy atom. The van der Waals surface area contributed by atoms with E-state index in [1.165, 1.54) is 0 Å². The van der Waals surface area contributed by atoms with Crippen LogP contribution in [0.3, 0.4) is 0 Å². The van der Waals surface area contributed by atoms with Crippen molar-refractivity contribution >= 4 is 39.8 Å². The number of ketones is 1. The molecule has 0 saturated heterocycles. The number of Topliss-reactive ketones (excluding diaryl/α,β-unsaturated/α-hetero) is 1. The number of aromatic nitrogens is 3. The molecule has 2 aromatic heterocycles.